The van der Waals surface area contributed by atoms with Crippen molar-refractivity contribution in [1.29, 1.82) is 0 Å². The fraction of sp³-hybridized carbons (Fsp3) is 0.417. The number of hydrogen-bond acceptors (Lipinski definition) is 3. The lowest BCUT2D eigenvalue weighted by molar-refractivity contribution is -0.137. The molecule has 0 N–H and O–H groups in total. The summed E-state index contributed by atoms with van der Waals surface area (Å²) in [6.07, 6.45) is 4.98. The zero-order valence-electron chi connectivity index (χ0n) is 16.8. The molecule has 0 bridgehead atoms. The van der Waals surface area contributed by atoms with Gasteiger partial charge in [0, 0.05) is 37.7 Å². The number of piperidine rings is 2. The first-order chi connectivity index (χ1) is 14.2. The highest BCUT2D eigenvalue weighted by Gasteiger charge is 2.31. The van der Waals surface area contributed by atoms with E-state index in [1.54, 1.807) is 0 Å². The monoisotopic (exact) mass is 392 g/mol. The number of ether oxygens (including phenoxy) is 1. The second kappa shape index (κ2) is 9.12. The van der Waals surface area contributed by atoms with E-state index in [1.807, 2.05) is 64.4 Å². The Morgan fingerprint density at radius 2 is 1.34 bits per heavy atom. The number of hydrogen-bond donors (Lipinski definition) is 0. The second-order valence-corrected chi connectivity index (χ2v) is 7.89. The zero-order valence-corrected chi connectivity index (χ0v) is 16.8. The third-order valence-corrected chi connectivity index (χ3v) is 5.88. The topological polar surface area (TPSA) is 49.9 Å². The van der Waals surface area contributed by atoms with Crippen molar-refractivity contribution in [3.8, 4) is 11.5 Å². The number of likely N-dealkylation sites (tertiary alicyclic amines) is 2. The highest BCUT2D eigenvalue weighted by molar-refractivity contribution is 5.94. The van der Waals surface area contributed by atoms with E-state index in [2.05, 4.69) is 0 Å². The molecule has 0 saturated carbocycles. The standard InChI is InChI=1S/C24H28N2O3/c27-23(19-9-11-22(12-10-19)29-21-7-3-1-4-8-21)26-17-13-20(14-18-26)24(28)25-15-5-2-6-16-25/h1,3-4,7-12,20H,2,5-6,13-18H2. The molecule has 29 heavy (non-hydrogen) atoms. The Bertz CT molecular complexity index is 821. The minimum atomic E-state index is 0.0279. The van der Waals surface area contributed by atoms with E-state index in [9.17, 15) is 9.59 Å². The molecule has 5 heteroatoms. The predicted octanol–water partition coefficient (Wildman–Crippen LogP) is 4.34. The lowest BCUT2D eigenvalue weighted by atomic mass is 9.94. The third kappa shape index (κ3) is 4.78. The number of para-hydroxylation sites is 1. The molecular weight excluding hydrogens is 364 g/mol. The van der Waals surface area contributed by atoms with Gasteiger partial charge in [-0.1, -0.05) is 18.2 Å². The van der Waals surface area contributed by atoms with Gasteiger partial charge in [-0.15, -0.1) is 0 Å². The molecule has 2 aromatic carbocycles. The Kier molecular flexibility index (Phi) is 6.13. The van der Waals surface area contributed by atoms with Gasteiger partial charge in [-0.05, 0) is 68.5 Å². The summed E-state index contributed by atoms with van der Waals surface area (Å²) in [5, 5.41) is 0. The molecule has 0 spiro atoms. The number of amides is 2. The Hall–Kier alpha value is -2.82. The van der Waals surface area contributed by atoms with Crippen molar-refractivity contribution < 1.29 is 14.3 Å². The quantitative estimate of drug-likeness (QED) is 0.778. The van der Waals surface area contributed by atoms with Crippen LogP contribution in [0.5, 0.6) is 11.5 Å². The average Bonchev–Trinajstić information content (AvgIpc) is 2.80. The molecule has 0 radical (unpaired) electrons. The molecule has 2 amide bonds. The van der Waals surface area contributed by atoms with Crippen LogP contribution in [0.3, 0.4) is 0 Å². The first-order valence-corrected chi connectivity index (χ1v) is 10.6. The van der Waals surface area contributed by atoms with Crippen LogP contribution < -0.4 is 4.74 Å². The minimum absolute atomic E-state index is 0.0279. The van der Waals surface area contributed by atoms with Gasteiger partial charge in [0.2, 0.25) is 5.91 Å². The fourth-order valence-electron chi connectivity index (χ4n) is 4.17. The molecule has 4 rings (SSSR count). The smallest absolute Gasteiger partial charge is 0.253 e. The molecule has 2 aliphatic rings. The van der Waals surface area contributed by atoms with Crippen molar-refractivity contribution in [2.45, 2.75) is 32.1 Å². The molecule has 2 saturated heterocycles. The molecule has 2 aromatic rings. The van der Waals surface area contributed by atoms with Crippen molar-refractivity contribution in [3.05, 3.63) is 60.2 Å². The van der Waals surface area contributed by atoms with Gasteiger partial charge in [-0.3, -0.25) is 9.59 Å². The summed E-state index contributed by atoms with van der Waals surface area (Å²) in [4.78, 5) is 29.4. The Balaban J connectivity index is 1.30. The summed E-state index contributed by atoms with van der Waals surface area (Å²) in [6.45, 7) is 3.08. The molecule has 0 aliphatic carbocycles. The number of carbonyl (C=O) groups is 2. The summed E-state index contributed by atoms with van der Waals surface area (Å²) in [5.41, 5.74) is 0.659. The van der Waals surface area contributed by atoms with Crippen molar-refractivity contribution in [2.75, 3.05) is 26.2 Å². The first kappa shape index (κ1) is 19.5. The zero-order chi connectivity index (χ0) is 20.1. The third-order valence-electron chi connectivity index (χ3n) is 5.88. The van der Waals surface area contributed by atoms with Crippen molar-refractivity contribution >= 4 is 11.8 Å². The summed E-state index contributed by atoms with van der Waals surface area (Å²) in [5.74, 6) is 1.86. The van der Waals surface area contributed by atoms with Crippen LogP contribution in [-0.2, 0) is 4.79 Å². The molecule has 5 nitrogen and oxygen atoms in total. The fourth-order valence-corrected chi connectivity index (χ4v) is 4.17. The van der Waals surface area contributed by atoms with Gasteiger partial charge in [0.15, 0.2) is 0 Å². The maximum Gasteiger partial charge on any atom is 0.253 e. The maximum absolute atomic E-state index is 12.8. The van der Waals surface area contributed by atoms with Crippen LogP contribution in [-0.4, -0.2) is 47.8 Å². The molecule has 152 valence electrons. The van der Waals surface area contributed by atoms with E-state index >= 15 is 0 Å². The minimum Gasteiger partial charge on any atom is -0.457 e. The van der Waals surface area contributed by atoms with Crippen LogP contribution in [0, 0.1) is 5.92 Å². The summed E-state index contributed by atoms with van der Waals surface area (Å²) < 4.78 is 5.79. The maximum atomic E-state index is 12.8. The summed E-state index contributed by atoms with van der Waals surface area (Å²) in [7, 11) is 0. The molecule has 0 aromatic heterocycles. The van der Waals surface area contributed by atoms with Gasteiger partial charge in [-0.2, -0.15) is 0 Å². The van der Waals surface area contributed by atoms with E-state index < -0.39 is 0 Å². The lowest BCUT2D eigenvalue weighted by Gasteiger charge is -2.35. The van der Waals surface area contributed by atoms with Crippen LogP contribution in [0.2, 0.25) is 0 Å². The molecule has 2 aliphatic heterocycles. The number of nitrogens with zero attached hydrogens (tertiary/aromatic N) is 2. The van der Waals surface area contributed by atoms with Crippen LogP contribution in [0.1, 0.15) is 42.5 Å². The van der Waals surface area contributed by atoms with E-state index in [-0.39, 0.29) is 11.8 Å². The SMILES string of the molecule is O=C(c1ccc(Oc2ccccc2)cc1)N1CCC(C(=O)N2CCCCC2)CC1. The number of benzene rings is 2. The molecule has 2 fully saturated rings. The molecule has 0 unspecified atom stereocenters. The van der Waals surface area contributed by atoms with E-state index in [4.69, 9.17) is 4.74 Å². The highest BCUT2D eigenvalue weighted by Crippen LogP contribution is 2.25. The summed E-state index contributed by atoms with van der Waals surface area (Å²) >= 11 is 0. The van der Waals surface area contributed by atoms with Crippen LogP contribution in [0.15, 0.2) is 54.6 Å². The average molecular weight is 392 g/mol. The van der Waals surface area contributed by atoms with Gasteiger partial charge in [-0.25, -0.2) is 0 Å². The Morgan fingerprint density at radius 1 is 0.724 bits per heavy atom. The van der Waals surface area contributed by atoms with Gasteiger partial charge < -0.3 is 14.5 Å². The van der Waals surface area contributed by atoms with Crippen LogP contribution in [0.25, 0.3) is 0 Å². The van der Waals surface area contributed by atoms with Crippen molar-refractivity contribution in [1.82, 2.24) is 9.80 Å². The van der Waals surface area contributed by atoms with E-state index in [0.29, 0.717) is 30.3 Å². The molecule has 0 atom stereocenters. The summed E-state index contributed by atoms with van der Waals surface area (Å²) in [6, 6.07) is 16.9. The van der Waals surface area contributed by atoms with Gasteiger partial charge in [0.25, 0.3) is 5.91 Å². The molecule has 2 heterocycles. The Labute approximate surface area is 172 Å². The normalized spacial score (nSPS) is 17.8. The Morgan fingerprint density at radius 3 is 2.00 bits per heavy atom. The van der Waals surface area contributed by atoms with Gasteiger partial charge in [0.1, 0.15) is 11.5 Å². The van der Waals surface area contributed by atoms with Crippen molar-refractivity contribution in [2.24, 2.45) is 5.92 Å². The number of carbonyl (C=O) groups excluding carboxylic acids is 2. The highest BCUT2D eigenvalue weighted by atomic mass is 16.5. The van der Waals surface area contributed by atoms with Gasteiger partial charge >= 0.3 is 0 Å². The van der Waals surface area contributed by atoms with Gasteiger partial charge in [0.05, 0.1) is 0 Å². The van der Waals surface area contributed by atoms with E-state index in [0.717, 1.165) is 44.5 Å². The largest absolute Gasteiger partial charge is 0.457 e. The molecular formula is C24H28N2O3. The van der Waals surface area contributed by atoms with Crippen molar-refractivity contribution in [3.63, 3.8) is 0 Å². The number of rotatable bonds is 4. The van der Waals surface area contributed by atoms with Crippen LogP contribution >= 0.6 is 0 Å². The first-order valence-electron chi connectivity index (χ1n) is 10.6. The van der Waals surface area contributed by atoms with E-state index in [1.165, 1.54) is 6.42 Å². The second-order valence-electron chi connectivity index (χ2n) is 7.89. The lowest BCUT2D eigenvalue weighted by Crippen LogP contribution is -2.45. The predicted molar refractivity (Wildman–Crippen MR) is 112 cm³/mol. The van der Waals surface area contributed by atoms with Crippen LogP contribution in [0.4, 0.5) is 0 Å².